The molecule has 2 N–H and O–H groups in total. The lowest BCUT2D eigenvalue weighted by molar-refractivity contribution is 0.292. The van der Waals surface area contributed by atoms with Crippen molar-refractivity contribution in [1.82, 2.24) is 20.2 Å². The van der Waals surface area contributed by atoms with E-state index >= 15 is 0 Å². The van der Waals surface area contributed by atoms with Gasteiger partial charge in [0.2, 0.25) is 0 Å². The number of nitrogen functional groups attached to an aromatic ring is 1. The minimum atomic E-state index is 0.283. The molecule has 0 atom stereocenters. The molecule has 21 heavy (non-hydrogen) atoms. The van der Waals surface area contributed by atoms with Gasteiger partial charge in [-0.3, -0.25) is 0 Å². The third kappa shape index (κ3) is 3.00. The highest BCUT2D eigenvalue weighted by Crippen LogP contribution is 2.15. The topological polar surface area (TPSA) is 78.8 Å². The molecule has 0 spiro atoms. The molecular weight excluding hydrogens is 266 g/mol. The van der Waals surface area contributed by atoms with Gasteiger partial charge in [0.05, 0.1) is 5.69 Å². The number of benzene rings is 2. The normalized spacial score (nSPS) is 10.5. The second kappa shape index (κ2) is 5.62. The van der Waals surface area contributed by atoms with E-state index < -0.39 is 0 Å². The lowest BCUT2D eigenvalue weighted by Gasteiger charge is -2.07. The van der Waals surface area contributed by atoms with Gasteiger partial charge < -0.3 is 10.5 Å². The Morgan fingerprint density at radius 2 is 1.76 bits per heavy atom. The number of ether oxygens (including phenoxy) is 1. The molecule has 0 aliphatic carbocycles. The maximum Gasteiger partial charge on any atom is 0.194 e. The summed E-state index contributed by atoms with van der Waals surface area (Å²) in [5, 5.41) is 11.7. The minimum Gasteiger partial charge on any atom is -0.486 e. The first kappa shape index (κ1) is 13.1. The smallest absolute Gasteiger partial charge is 0.194 e. The predicted molar refractivity (Wildman–Crippen MR) is 79.1 cm³/mol. The molecule has 6 nitrogen and oxygen atoms in total. The molecule has 0 amide bonds. The van der Waals surface area contributed by atoms with Gasteiger partial charge in [0.25, 0.3) is 0 Å². The molecule has 0 bridgehead atoms. The summed E-state index contributed by atoms with van der Waals surface area (Å²) in [5.74, 6) is 1.36. The van der Waals surface area contributed by atoms with Gasteiger partial charge in [-0.2, -0.15) is 4.68 Å². The first-order valence-electron chi connectivity index (χ1n) is 6.55. The first-order chi connectivity index (χ1) is 10.2. The van der Waals surface area contributed by atoms with Crippen LogP contribution in [0.15, 0.2) is 48.5 Å². The van der Waals surface area contributed by atoms with E-state index in [4.69, 9.17) is 10.5 Å². The van der Waals surface area contributed by atoms with Gasteiger partial charge in [0.1, 0.15) is 12.4 Å². The predicted octanol–water partition coefficient (Wildman–Crippen LogP) is 2.13. The third-order valence-corrected chi connectivity index (χ3v) is 3.06. The van der Waals surface area contributed by atoms with Gasteiger partial charge in [-0.1, -0.05) is 17.7 Å². The molecule has 0 radical (unpaired) electrons. The zero-order chi connectivity index (χ0) is 14.7. The number of tetrazole rings is 1. The Balaban J connectivity index is 1.76. The molecule has 0 aliphatic heterocycles. The number of hydrogen-bond donors (Lipinski definition) is 1. The Morgan fingerprint density at radius 3 is 2.48 bits per heavy atom. The Hall–Kier alpha value is -2.89. The van der Waals surface area contributed by atoms with Gasteiger partial charge in [0, 0.05) is 5.69 Å². The van der Waals surface area contributed by atoms with Crippen molar-refractivity contribution < 1.29 is 4.74 Å². The Morgan fingerprint density at radius 1 is 1.05 bits per heavy atom. The molecule has 0 fully saturated rings. The number of anilines is 1. The summed E-state index contributed by atoms with van der Waals surface area (Å²) in [6.07, 6.45) is 0. The minimum absolute atomic E-state index is 0.283. The van der Waals surface area contributed by atoms with Gasteiger partial charge in [-0.15, -0.1) is 5.10 Å². The summed E-state index contributed by atoms with van der Waals surface area (Å²) in [4.78, 5) is 0. The zero-order valence-electron chi connectivity index (χ0n) is 11.6. The summed E-state index contributed by atoms with van der Waals surface area (Å²) in [6, 6.07) is 15.2. The van der Waals surface area contributed by atoms with E-state index in [9.17, 15) is 0 Å². The molecule has 3 rings (SSSR count). The molecular formula is C15H15N5O. The maximum atomic E-state index is 5.67. The second-order valence-electron chi connectivity index (χ2n) is 4.70. The number of aromatic nitrogens is 4. The van der Waals surface area contributed by atoms with E-state index in [1.54, 1.807) is 16.8 Å². The number of aryl methyl sites for hydroxylation is 1. The first-order valence-corrected chi connectivity index (χ1v) is 6.55. The van der Waals surface area contributed by atoms with E-state index in [-0.39, 0.29) is 6.61 Å². The lowest BCUT2D eigenvalue weighted by Crippen LogP contribution is -2.07. The van der Waals surface area contributed by atoms with E-state index in [0.29, 0.717) is 11.5 Å². The molecule has 0 saturated heterocycles. The average molecular weight is 281 g/mol. The van der Waals surface area contributed by atoms with Crippen LogP contribution in [0.25, 0.3) is 5.69 Å². The van der Waals surface area contributed by atoms with Crippen LogP contribution in [-0.2, 0) is 6.61 Å². The summed E-state index contributed by atoms with van der Waals surface area (Å²) in [7, 11) is 0. The number of nitrogens with two attached hydrogens (primary N) is 1. The molecule has 1 heterocycles. The number of nitrogens with zero attached hydrogens (tertiary/aromatic N) is 4. The molecule has 0 aliphatic rings. The SMILES string of the molecule is Cc1ccc(-n2nnnc2COc2ccc(N)cc2)cc1. The Labute approximate surface area is 122 Å². The van der Waals surface area contributed by atoms with Crippen LogP contribution >= 0.6 is 0 Å². The summed E-state index contributed by atoms with van der Waals surface area (Å²) in [6.45, 7) is 2.32. The Kier molecular flexibility index (Phi) is 3.51. The maximum absolute atomic E-state index is 5.67. The fraction of sp³-hybridized carbons (Fsp3) is 0.133. The Bertz CT molecular complexity index is 719. The molecule has 6 heteroatoms. The molecule has 3 aromatic rings. The van der Waals surface area contributed by atoms with E-state index in [2.05, 4.69) is 15.5 Å². The van der Waals surface area contributed by atoms with Crippen molar-refractivity contribution in [3.63, 3.8) is 0 Å². The molecule has 0 unspecified atom stereocenters. The van der Waals surface area contributed by atoms with Crippen molar-refractivity contribution in [3.8, 4) is 11.4 Å². The monoisotopic (exact) mass is 281 g/mol. The summed E-state index contributed by atoms with van der Waals surface area (Å²) < 4.78 is 7.34. The van der Waals surface area contributed by atoms with Crippen molar-refractivity contribution in [2.45, 2.75) is 13.5 Å². The average Bonchev–Trinajstić information content (AvgIpc) is 2.96. The van der Waals surface area contributed by atoms with Crippen LogP contribution in [0.1, 0.15) is 11.4 Å². The van der Waals surface area contributed by atoms with Crippen molar-refractivity contribution in [1.29, 1.82) is 0 Å². The standard InChI is InChI=1S/C15H15N5O/c1-11-2-6-13(7-3-11)20-15(17-18-19-20)10-21-14-8-4-12(16)5-9-14/h2-9H,10,16H2,1H3. The molecule has 106 valence electrons. The zero-order valence-corrected chi connectivity index (χ0v) is 11.6. The van der Waals surface area contributed by atoms with E-state index in [1.165, 1.54) is 5.56 Å². The van der Waals surface area contributed by atoms with E-state index in [1.807, 2.05) is 43.3 Å². The number of rotatable bonds is 4. The largest absolute Gasteiger partial charge is 0.486 e. The van der Waals surface area contributed by atoms with Crippen LogP contribution in [0.3, 0.4) is 0 Å². The lowest BCUT2D eigenvalue weighted by atomic mass is 10.2. The van der Waals surface area contributed by atoms with Crippen LogP contribution in [0.4, 0.5) is 5.69 Å². The van der Waals surface area contributed by atoms with Crippen molar-refractivity contribution in [2.75, 3.05) is 5.73 Å². The van der Waals surface area contributed by atoms with Crippen LogP contribution in [0.2, 0.25) is 0 Å². The highest BCUT2D eigenvalue weighted by molar-refractivity contribution is 5.41. The second-order valence-corrected chi connectivity index (χ2v) is 4.70. The van der Waals surface area contributed by atoms with Crippen LogP contribution in [-0.4, -0.2) is 20.2 Å². The van der Waals surface area contributed by atoms with Gasteiger partial charge >= 0.3 is 0 Å². The number of hydrogen-bond acceptors (Lipinski definition) is 5. The van der Waals surface area contributed by atoms with Crippen molar-refractivity contribution >= 4 is 5.69 Å². The van der Waals surface area contributed by atoms with Gasteiger partial charge in [0.15, 0.2) is 5.82 Å². The van der Waals surface area contributed by atoms with Crippen LogP contribution < -0.4 is 10.5 Å². The fourth-order valence-electron chi connectivity index (χ4n) is 1.89. The fourth-order valence-corrected chi connectivity index (χ4v) is 1.89. The molecule has 2 aromatic carbocycles. The van der Waals surface area contributed by atoms with Crippen molar-refractivity contribution in [2.24, 2.45) is 0 Å². The highest BCUT2D eigenvalue weighted by atomic mass is 16.5. The quantitative estimate of drug-likeness (QED) is 0.741. The summed E-state index contributed by atoms with van der Waals surface area (Å²) >= 11 is 0. The summed E-state index contributed by atoms with van der Waals surface area (Å²) in [5.41, 5.74) is 8.43. The third-order valence-electron chi connectivity index (χ3n) is 3.06. The van der Waals surface area contributed by atoms with Crippen LogP contribution in [0.5, 0.6) is 5.75 Å². The van der Waals surface area contributed by atoms with E-state index in [0.717, 1.165) is 11.4 Å². The van der Waals surface area contributed by atoms with Crippen LogP contribution in [0, 0.1) is 6.92 Å². The van der Waals surface area contributed by atoms with Crippen molar-refractivity contribution in [3.05, 3.63) is 59.9 Å². The molecule has 0 saturated carbocycles. The molecule has 1 aromatic heterocycles. The van der Waals surface area contributed by atoms with Gasteiger partial charge in [-0.25, -0.2) is 0 Å². The van der Waals surface area contributed by atoms with Gasteiger partial charge in [-0.05, 0) is 53.7 Å². The highest BCUT2D eigenvalue weighted by Gasteiger charge is 2.08.